The lowest BCUT2D eigenvalue weighted by molar-refractivity contribution is -0.126. The van der Waals surface area contributed by atoms with Gasteiger partial charge in [0, 0.05) is 37.5 Å². The van der Waals surface area contributed by atoms with Crippen molar-refractivity contribution in [3.8, 4) is 11.5 Å². The number of fused-ring (bicyclic) bond motifs is 1. The van der Waals surface area contributed by atoms with E-state index >= 15 is 0 Å². The molecule has 0 saturated carbocycles. The number of amides is 1. The Kier molecular flexibility index (Phi) is 5.95. The lowest BCUT2D eigenvalue weighted by Crippen LogP contribution is -2.45. The molecule has 1 amide bonds. The standard InChI is InChI=1S/C19H26N2O7S2/c22-19(20-15-6-11-29(23,24)13-15)14-4-7-21(8-5-14)30(25,26)16-2-3-17-18(12-16)28-10-1-9-27-17/h2-3,12,14-15H,1,4-11,13H2,(H,20,22)/t15-/m0/s1. The number of ether oxygens (including phenoxy) is 2. The van der Waals surface area contributed by atoms with E-state index < -0.39 is 19.9 Å². The first-order valence-electron chi connectivity index (χ1n) is 10.2. The van der Waals surface area contributed by atoms with Gasteiger partial charge in [-0.15, -0.1) is 0 Å². The molecule has 0 aliphatic carbocycles. The quantitative estimate of drug-likeness (QED) is 0.700. The van der Waals surface area contributed by atoms with Gasteiger partial charge in [0.05, 0.1) is 29.6 Å². The molecule has 2 fully saturated rings. The molecule has 11 heteroatoms. The number of carbonyl (C=O) groups is 1. The van der Waals surface area contributed by atoms with Gasteiger partial charge in [-0.05, 0) is 31.4 Å². The summed E-state index contributed by atoms with van der Waals surface area (Å²) in [6.07, 6.45) is 1.97. The minimum atomic E-state index is -3.71. The Balaban J connectivity index is 1.37. The van der Waals surface area contributed by atoms with Crippen molar-refractivity contribution >= 4 is 25.8 Å². The van der Waals surface area contributed by atoms with Crippen molar-refractivity contribution in [3.63, 3.8) is 0 Å². The Bertz CT molecular complexity index is 1020. The summed E-state index contributed by atoms with van der Waals surface area (Å²) in [7, 11) is -6.77. The van der Waals surface area contributed by atoms with Gasteiger partial charge in [0.1, 0.15) is 0 Å². The van der Waals surface area contributed by atoms with Crippen molar-refractivity contribution in [2.24, 2.45) is 5.92 Å². The van der Waals surface area contributed by atoms with Gasteiger partial charge >= 0.3 is 0 Å². The molecule has 3 aliphatic rings. The third-order valence-corrected chi connectivity index (χ3v) is 9.42. The second kappa shape index (κ2) is 8.35. The van der Waals surface area contributed by atoms with Gasteiger partial charge in [-0.2, -0.15) is 4.31 Å². The number of sulfonamides is 1. The zero-order valence-electron chi connectivity index (χ0n) is 16.6. The van der Waals surface area contributed by atoms with Crippen LogP contribution in [0.15, 0.2) is 23.1 Å². The first-order valence-corrected chi connectivity index (χ1v) is 13.4. The van der Waals surface area contributed by atoms with E-state index in [1.807, 2.05) is 0 Å². The van der Waals surface area contributed by atoms with E-state index in [4.69, 9.17) is 9.47 Å². The molecule has 1 atom stereocenters. The highest BCUT2D eigenvalue weighted by Gasteiger charge is 2.35. The summed E-state index contributed by atoms with van der Waals surface area (Å²) in [6, 6.07) is 4.28. The maximum Gasteiger partial charge on any atom is 0.243 e. The highest BCUT2D eigenvalue weighted by atomic mass is 32.2. The third-order valence-electron chi connectivity index (χ3n) is 5.76. The number of sulfone groups is 1. The molecule has 3 heterocycles. The largest absolute Gasteiger partial charge is 0.490 e. The third kappa shape index (κ3) is 4.57. The molecule has 0 bridgehead atoms. The number of hydrogen-bond acceptors (Lipinski definition) is 7. The van der Waals surface area contributed by atoms with E-state index in [1.54, 1.807) is 6.07 Å². The van der Waals surface area contributed by atoms with Crippen LogP contribution in [-0.4, -0.2) is 70.9 Å². The molecule has 1 aromatic rings. The zero-order valence-corrected chi connectivity index (χ0v) is 18.2. The van der Waals surface area contributed by atoms with Gasteiger partial charge in [-0.25, -0.2) is 16.8 Å². The van der Waals surface area contributed by atoms with Crippen molar-refractivity contribution in [3.05, 3.63) is 18.2 Å². The van der Waals surface area contributed by atoms with Crippen LogP contribution in [-0.2, 0) is 24.7 Å². The van der Waals surface area contributed by atoms with Crippen molar-refractivity contribution in [2.45, 2.75) is 36.6 Å². The van der Waals surface area contributed by atoms with E-state index in [0.717, 1.165) is 6.42 Å². The van der Waals surface area contributed by atoms with E-state index in [9.17, 15) is 21.6 Å². The average Bonchev–Trinajstić information content (AvgIpc) is 2.91. The zero-order chi connectivity index (χ0) is 21.4. The highest BCUT2D eigenvalue weighted by molar-refractivity contribution is 7.91. The fourth-order valence-electron chi connectivity index (χ4n) is 4.04. The Morgan fingerprint density at radius 1 is 1.07 bits per heavy atom. The molecule has 0 radical (unpaired) electrons. The number of rotatable bonds is 4. The number of nitrogens with zero attached hydrogens (tertiary/aromatic N) is 1. The highest BCUT2D eigenvalue weighted by Crippen LogP contribution is 2.33. The molecule has 0 unspecified atom stereocenters. The van der Waals surface area contributed by atoms with Crippen molar-refractivity contribution in [1.82, 2.24) is 9.62 Å². The van der Waals surface area contributed by atoms with Crippen LogP contribution in [0.3, 0.4) is 0 Å². The molecular weight excluding hydrogens is 432 g/mol. The molecule has 166 valence electrons. The van der Waals surface area contributed by atoms with Gasteiger partial charge < -0.3 is 14.8 Å². The lowest BCUT2D eigenvalue weighted by atomic mass is 9.97. The minimum absolute atomic E-state index is 0.0178. The fraction of sp³-hybridized carbons (Fsp3) is 0.632. The molecule has 30 heavy (non-hydrogen) atoms. The van der Waals surface area contributed by atoms with E-state index in [1.165, 1.54) is 16.4 Å². The molecular formula is C19H26N2O7S2. The van der Waals surface area contributed by atoms with Crippen LogP contribution < -0.4 is 14.8 Å². The Morgan fingerprint density at radius 2 is 1.77 bits per heavy atom. The van der Waals surface area contributed by atoms with Crippen LogP contribution in [0, 0.1) is 5.92 Å². The molecule has 9 nitrogen and oxygen atoms in total. The van der Waals surface area contributed by atoms with Crippen molar-refractivity contribution in [1.29, 1.82) is 0 Å². The maximum atomic E-state index is 13.0. The van der Waals surface area contributed by atoms with Gasteiger partial charge in [0.15, 0.2) is 21.3 Å². The van der Waals surface area contributed by atoms with Crippen molar-refractivity contribution in [2.75, 3.05) is 37.8 Å². The Hall–Kier alpha value is -1.85. The Labute approximate surface area is 176 Å². The van der Waals surface area contributed by atoms with Gasteiger partial charge in [-0.3, -0.25) is 4.79 Å². The van der Waals surface area contributed by atoms with Crippen LogP contribution in [0.1, 0.15) is 25.7 Å². The lowest BCUT2D eigenvalue weighted by Gasteiger charge is -2.31. The molecule has 1 N–H and O–H groups in total. The first-order chi connectivity index (χ1) is 14.2. The van der Waals surface area contributed by atoms with Crippen LogP contribution in [0.2, 0.25) is 0 Å². The predicted molar refractivity (Wildman–Crippen MR) is 109 cm³/mol. The maximum absolute atomic E-state index is 13.0. The fourth-order valence-corrected chi connectivity index (χ4v) is 7.20. The molecule has 2 saturated heterocycles. The van der Waals surface area contributed by atoms with Gasteiger partial charge in [0.2, 0.25) is 15.9 Å². The second-order valence-corrected chi connectivity index (χ2v) is 12.1. The van der Waals surface area contributed by atoms with Gasteiger partial charge in [-0.1, -0.05) is 0 Å². The van der Waals surface area contributed by atoms with Crippen LogP contribution >= 0.6 is 0 Å². The molecule has 0 spiro atoms. The monoisotopic (exact) mass is 458 g/mol. The predicted octanol–water partition coefficient (Wildman–Crippen LogP) is 0.552. The number of benzene rings is 1. The molecule has 0 aromatic heterocycles. The minimum Gasteiger partial charge on any atom is -0.490 e. The summed E-state index contributed by atoms with van der Waals surface area (Å²) in [6.45, 7) is 1.47. The summed E-state index contributed by atoms with van der Waals surface area (Å²) in [4.78, 5) is 12.6. The Morgan fingerprint density at radius 3 is 2.43 bits per heavy atom. The van der Waals surface area contributed by atoms with Crippen LogP contribution in [0.5, 0.6) is 11.5 Å². The normalized spacial score (nSPS) is 24.9. The van der Waals surface area contributed by atoms with Crippen molar-refractivity contribution < 1.29 is 31.1 Å². The smallest absolute Gasteiger partial charge is 0.243 e. The van der Waals surface area contributed by atoms with E-state index in [0.29, 0.717) is 44.0 Å². The summed E-state index contributed by atoms with van der Waals surface area (Å²) in [5, 5.41) is 2.81. The average molecular weight is 459 g/mol. The number of hydrogen-bond donors (Lipinski definition) is 1. The molecule has 3 aliphatic heterocycles. The summed E-state index contributed by atoms with van der Waals surface area (Å²) in [5.41, 5.74) is 0. The number of carbonyl (C=O) groups excluding carboxylic acids is 1. The van der Waals surface area contributed by atoms with Gasteiger partial charge in [0.25, 0.3) is 0 Å². The summed E-state index contributed by atoms with van der Waals surface area (Å²) in [5.74, 6) is 0.540. The van der Waals surface area contributed by atoms with E-state index in [-0.39, 0.29) is 47.4 Å². The van der Waals surface area contributed by atoms with Crippen LogP contribution in [0.4, 0.5) is 0 Å². The second-order valence-electron chi connectivity index (χ2n) is 7.95. The molecule has 4 rings (SSSR count). The summed E-state index contributed by atoms with van der Waals surface area (Å²) < 4.78 is 61.7. The topological polar surface area (TPSA) is 119 Å². The number of piperidine rings is 1. The van der Waals surface area contributed by atoms with E-state index in [2.05, 4.69) is 5.32 Å². The molecule has 1 aromatic carbocycles. The SMILES string of the molecule is O=C(N[C@H]1CCS(=O)(=O)C1)C1CCN(S(=O)(=O)c2ccc3c(c2)OCCCO3)CC1. The summed E-state index contributed by atoms with van der Waals surface area (Å²) >= 11 is 0. The van der Waals surface area contributed by atoms with Crippen LogP contribution in [0.25, 0.3) is 0 Å². The first kappa shape index (κ1) is 21.4. The number of nitrogens with one attached hydrogen (secondary N) is 1.